The van der Waals surface area contributed by atoms with Gasteiger partial charge in [0.15, 0.2) is 0 Å². The van der Waals surface area contributed by atoms with Crippen molar-refractivity contribution in [2.24, 2.45) is 0 Å². The van der Waals surface area contributed by atoms with Crippen molar-refractivity contribution in [1.82, 2.24) is 0 Å². The lowest BCUT2D eigenvalue weighted by atomic mass is 9.74. The predicted molar refractivity (Wildman–Crippen MR) is 135 cm³/mol. The third-order valence-electron chi connectivity index (χ3n) is 6.43. The summed E-state index contributed by atoms with van der Waals surface area (Å²) in [6.07, 6.45) is 2.04. The molecule has 2 nitrogen and oxygen atoms in total. The van der Waals surface area contributed by atoms with E-state index in [-0.39, 0.29) is 10.8 Å². The minimum absolute atomic E-state index is 0.0791. The highest BCUT2D eigenvalue weighted by molar-refractivity contribution is 5.45. The highest BCUT2D eigenvalue weighted by Crippen LogP contribution is 2.36. The van der Waals surface area contributed by atoms with Crippen molar-refractivity contribution in [3.8, 4) is 11.5 Å². The largest absolute Gasteiger partial charge is 0.494 e. The fourth-order valence-electron chi connectivity index (χ4n) is 4.01. The average molecular weight is 431 g/mol. The summed E-state index contributed by atoms with van der Waals surface area (Å²) in [5.74, 6) is 1.88. The van der Waals surface area contributed by atoms with Crippen LogP contribution in [0.15, 0.2) is 72.8 Å². The Balaban J connectivity index is 1.78. The maximum absolute atomic E-state index is 5.74. The van der Waals surface area contributed by atoms with E-state index in [0.29, 0.717) is 0 Å². The summed E-state index contributed by atoms with van der Waals surface area (Å²) < 4.78 is 11.5. The molecule has 0 fully saturated rings. The number of hydrogen-bond acceptors (Lipinski definition) is 2. The third-order valence-corrected chi connectivity index (χ3v) is 6.43. The Kier molecular flexibility index (Phi) is 7.66. The molecular formula is C30H38O2. The van der Waals surface area contributed by atoms with Crippen LogP contribution in [0.25, 0.3) is 0 Å². The van der Waals surface area contributed by atoms with E-state index >= 15 is 0 Å². The van der Waals surface area contributed by atoms with Gasteiger partial charge >= 0.3 is 0 Å². The zero-order chi connectivity index (χ0) is 23.2. The lowest BCUT2D eigenvalue weighted by Gasteiger charge is -2.29. The van der Waals surface area contributed by atoms with E-state index in [4.69, 9.17) is 9.47 Å². The van der Waals surface area contributed by atoms with E-state index in [0.717, 1.165) is 37.6 Å². The molecule has 3 rings (SSSR count). The molecule has 0 saturated heterocycles. The highest BCUT2D eigenvalue weighted by atomic mass is 16.5. The molecule has 0 aliphatic heterocycles. The second-order valence-electron chi connectivity index (χ2n) is 9.57. The normalized spacial score (nSPS) is 11.9. The fourth-order valence-corrected chi connectivity index (χ4v) is 4.01. The molecule has 0 spiro atoms. The predicted octanol–water partition coefficient (Wildman–Crippen LogP) is 7.92. The van der Waals surface area contributed by atoms with E-state index in [1.165, 1.54) is 22.3 Å². The first-order valence-electron chi connectivity index (χ1n) is 11.9. The molecule has 2 heteroatoms. The van der Waals surface area contributed by atoms with Crippen molar-refractivity contribution in [2.75, 3.05) is 13.2 Å². The van der Waals surface area contributed by atoms with Gasteiger partial charge in [-0.3, -0.25) is 0 Å². The second kappa shape index (κ2) is 10.3. The minimum atomic E-state index is -0.0791. The van der Waals surface area contributed by atoms with Gasteiger partial charge in [-0.2, -0.15) is 0 Å². The Labute approximate surface area is 194 Å². The standard InChI is InChI=1S/C30H38O2/c1-7-21-31-27-17-13-25(14-18-27)29(3,4)23-9-11-24(12-10-23)30(5,6)26-15-19-28(20-16-26)32-22-8-2/h9-20H,7-8,21-22H2,1-6H3. The molecule has 170 valence electrons. The zero-order valence-corrected chi connectivity index (χ0v) is 20.6. The van der Waals surface area contributed by atoms with Crippen molar-refractivity contribution in [1.29, 1.82) is 0 Å². The first kappa shape index (κ1) is 23.9. The van der Waals surface area contributed by atoms with Crippen LogP contribution in [0.2, 0.25) is 0 Å². The summed E-state index contributed by atoms with van der Waals surface area (Å²) in [5, 5.41) is 0. The maximum Gasteiger partial charge on any atom is 0.119 e. The Morgan fingerprint density at radius 1 is 0.469 bits per heavy atom. The third kappa shape index (κ3) is 5.35. The molecule has 0 aromatic heterocycles. The molecule has 0 bridgehead atoms. The molecule has 0 radical (unpaired) electrons. The van der Waals surface area contributed by atoms with Crippen molar-refractivity contribution < 1.29 is 9.47 Å². The lowest BCUT2D eigenvalue weighted by molar-refractivity contribution is 0.317. The van der Waals surface area contributed by atoms with Crippen LogP contribution in [0.5, 0.6) is 11.5 Å². The molecule has 0 aliphatic carbocycles. The first-order valence-corrected chi connectivity index (χ1v) is 11.9. The van der Waals surface area contributed by atoms with Crippen molar-refractivity contribution in [2.45, 2.75) is 65.2 Å². The quantitative estimate of drug-likeness (QED) is 0.325. The van der Waals surface area contributed by atoms with Crippen LogP contribution in [-0.2, 0) is 10.8 Å². The zero-order valence-electron chi connectivity index (χ0n) is 20.6. The maximum atomic E-state index is 5.74. The molecule has 0 unspecified atom stereocenters. The molecule has 0 saturated carbocycles. The SMILES string of the molecule is CCCOc1ccc(C(C)(C)c2ccc(C(C)(C)c3ccc(OCCC)cc3)cc2)cc1. The Morgan fingerprint density at radius 3 is 0.969 bits per heavy atom. The van der Waals surface area contributed by atoms with Crippen LogP contribution < -0.4 is 9.47 Å². The van der Waals surface area contributed by atoms with Gasteiger partial charge in [0.2, 0.25) is 0 Å². The molecule has 0 atom stereocenters. The Hall–Kier alpha value is -2.74. The lowest BCUT2D eigenvalue weighted by Crippen LogP contribution is -2.21. The number of rotatable bonds is 10. The van der Waals surface area contributed by atoms with Crippen LogP contribution in [0.1, 0.15) is 76.6 Å². The molecule has 3 aromatic carbocycles. The molecule has 0 heterocycles. The van der Waals surface area contributed by atoms with E-state index in [2.05, 4.69) is 114 Å². The number of ether oxygens (including phenoxy) is 2. The van der Waals surface area contributed by atoms with Crippen molar-refractivity contribution in [3.63, 3.8) is 0 Å². The van der Waals surface area contributed by atoms with E-state index in [9.17, 15) is 0 Å². The summed E-state index contributed by atoms with van der Waals surface area (Å²) in [7, 11) is 0. The molecule has 0 amide bonds. The van der Waals surface area contributed by atoms with E-state index in [1.54, 1.807) is 0 Å². The fraction of sp³-hybridized carbons (Fsp3) is 0.400. The molecular weight excluding hydrogens is 392 g/mol. The van der Waals surface area contributed by atoms with Gasteiger partial charge < -0.3 is 9.47 Å². The molecule has 32 heavy (non-hydrogen) atoms. The minimum Gasteiger partial charge on any atom is -0.494 e. The van der Waals surface area contributed by atoms with Gasteiger partial charge in [-0.15, -0.1) is 0 Å². The van der Waals surface area contributed by atoms with Gasteiger partial charge in [-0.1, -0.05) is 90.1 Å². The van der Waals surface area contributed by atoms with Gasteiger partial charge in [0.05, 0.1) is 13.2 Å². The molecule has 3 aromatic rings. The van der Waals surface area contributed by atoms with Gasteiger partial charge in [-0.25, -0.2) is 0 Å². The number of benzene rings is 3. The monoisotopic (exact) mass is 430 g/mol. The second-order valence-corrected chi connectivity index (χ2v) is 9.57. The topological polar surface area (TPSA) is 18.5 Å². The van der Waals surface area contributed by atoms with Crippen LogP contribution in [-0.4, -0.2) is 13.2 Å². The van der Waals surface area contributed by atoms with Crippen LogP contribution in [0.4, 0.5) is 0 Å². The average Bonchev–Trinajstić information content (AvgIpc) is 2.82. The first-order chi connectivity index (χ1) is 15.3. The highest BCUT2D eigenvalue weighted by Gasteiger charge is 2.26. The van der Waals surface area contributed by atoms with Gasteiger partial charge in [-0.05, 0) is 59.4 Å². The van der Waals surface area contributed by atoms with Crippen molar-refractivity contribution >= 4 is 0 Å². The Morgan fingerprint density at radius 2 is 0.719 bits per heavy atom. The van der Waals surface area contributed by atoms with E-state index in [1.807, 2.05) is 0 Å². The Bertz CT molecular complexity index is 882. The van der Waals surface area contributed by atoms with Gasteiger partial charge in [0.1, 0.15) is 11.5 Å². The van der Waals surface area contributed by atoms with E-state index < -0.39 is 0 Å². The van der Waals surface area contributed by atoms with Crippen molar-refractivity contribution in [3.05, 3.63) is 95.1 Å². The summed E-state index contributed by atoms with van der Waals surface area (Å²) in [6.45, 7) is 14.9. The molecule has 0 aliphatic rings. The van der Waals surface area contributed by atoms with Crippen LogP contribution >= 0.6 is 0 Å². The summed E-state index contributed by atoms with van der Waals surface area (Å²) in [5.41, 5.74) is 5.03. The van der Waals surface area contributed by atoms with Crippen LogP contribution in [0, 0.1) is 0 Å². The van der Waals surface area contributed by atoms with Gasteiger partial charge in [0, 0.05) is 10.8 Å². The van der Waals surface area contributed by atoms with Crippen LogP contribution in [0.3, 0.4) is 0 Å². The number of hydrogen-bond donors (Lipinski definition) is 0. The summed E-state index contributed by atoms with van der Waals surface area (Å²) in [4.78, 5) is 0. The summed E-state index contributed by atoms with van der Waals surface area (Å²) >= 11 is 0. The van der Waals surface area contributed by atoms with Gasteiger partial charge in [0.25, 0.3) is 0 Å². The smallest absolute Gasteiger partial charge is 0.119 e. The molecule has 0 N–H and O–H groups in total. The summed E-state index contributed by atoms with van der Waals surface area (Å²) in [6, 6.07) is 26.2.